The molecule has 0 aromatic carbocycles. The highest BCUT2D eigenvalue weighted by molar-refractivity contribution is 4.91. The molecule has 2 fully saturated rings. The average molecular weight is 196 g/mol. The highest BCUT2D eigenvalue weighted by Crippen LogP contribution is 2.35. The lowest BCUT2D eigenvalue weighted by Gasteiger charge is -2.33. The Morgan fingerprint density at radius 3 is 2.79 bits per heavy atom. The number of hydrogen-bond acceptors (Lipinski definition) is 2. The summed E-state index contributed by atoms with van der Waals surface area (Å²) in [5.74, 6) is 0.960. The molecule has 2 aliphatic rings. The van der Waals surface area contributed by atoms with E-state index in [4.69, 9.17) is 5.73 Å². The maximum atomic E-state index is 5.84. The van der Waals surface area contributed by atoms with Gasteiger partial charge in [-0.05, 0) is 38.1 Å². The SMILES string of the molecule is CCC1CCCC1N1CCCC1CN. The van der Waals surface area contributed by atoms with Crippen molar-refractivity contribution < 1.29 is 0 Å². The van der Waals surface area contributed by atoms with Gasteiger partial charge < -0.3 is 5.73 Å². The molecule has 1 heterocycles. The van der Waals surface area contributed by atoms with Gasteiger partial charge in [-0.2, -0.15) is 0 Å². The monoisotopic (exact) mass is 196 g/mol. The molecule has 2 rings (SSSR count). The van der Waals surface area contributed by atoms with E-state index in [0.717, 1.165) is 18.5 Å². The van der Waals surface area contributed by atoms with Crippen molar-refractivity contribution in [2.45, 2.75) is 57.5 Å². The molecule has 82 valence electrons. The molecule has 3 unspecified atom stereocenters. The third kappa shape index (κ3) is 1.82. The van der Waals surface area contributed by atoms with E-state index >= 15 is 0 Å². The van der Waals surface area contributed by atoms with E-state index in [1.54, 1.807) is 0 Å². The van der Waals surface area contributed by atoms with Gasteiger partial charge in [-0.25, -0.2) is 0 Å². The van der Waals surface area contributed by atoms with Crippen LogP contribution in [0, 0.1) is 5.92 Å². The lowest BCUT2D eigenvalue weighted by Crippen LogP contribution is -2.44. The number of nitrogens with zero attached hydrogens (tertiary/aromatic N) is 1. The van der Waals surface area contributed by atoms with E-state index < -0.39 is 0 Å². The second-order valence-electron chi connectivity index (χ2n) is 4.94. The second-order valence-corrected chi connectivity index (χ2v) is 4.94. The Balaban J connectivity index is 1.98. The normalized spacial score (nSPS) is 39.4. The quantitative estimate of drug-likeness (QED) is 0.748. The van der Waals surface area contributed by atoms with Crippen LogP contribution in [-0.2, 0) is 0 Å². The highest BCUT2D eigenvalue weighted by atomic mass is 15.2. The summed E-state index contributed by atoms with van der Waals surface area (Å²) in [5, 5.41) is 0. The molecule has 1 saturated heterocycles. The van der Waals surface area contributed by atoms with Crippen LogP contribution in [0.3, 0.4) is 0 Å². The van der Waals surface area contributed by atoms with E-state index in [1.165, 1.54) is 45.1 Å². The predicted octanol–water partition coefficient (Wildman–Crippen LogP) is 1.99. The summed E-state index contributed by atoms with van der Waals surface area (Å²) < 4.78 is 0. The maximum Gasteiger partial charge on any atom is 0.0221 e. The summed E-state index contributed by atoms with van der Waals surface area (Å²) >= 11 is 0. The minimum Gasteiger partial charge on any atom is -0.329 e. The Kier molecular flexibility index (Phi) is 3.45. The van der Waals surface area contributed by atoms with Gasteiger partial charge in [-0.1, -0.05) is 19.8 Å². The first-order chi connectivity index (χ1) is 6.86. The summed E-state index contributed by atoms with van der Waals surface area (Å²) in [7, 11) is 0. The van der Waals surface area contributed by atoms with Crippen molar-refractivity contribution in [1.29, 1.82) is 0 Å². The van der Waals surface area contributed by atoms with E-state index in [0.29, 0.717) is 6.04 Å². The topological polar surface area (TPSA) is 29.3 Å². The van der Waals surface area contributed by atoms with Gasteiger partial charge >= 0.3 is 0 Å². The molecule has 0 aromatic rings. The van der Waals surface area contributed by atoms with Crippen LogP contribution in [0.5, 0.6) is 0 Å². The van der Waals surface area contributed by atoms with Gasteiger partial charge in [0.05, 0.1) is 0 Å². The number of likely N-dealkylation sites (tertiary alicyclic amines) is 1. The van der Waals surface area contributed by atoms with Crippen molar-refractivity contribution in [3.63, 3.8) is 0 Å². The summed E-state index contributed by atoms with van der Waals surface area (Å²) in [6, 6.07) is 1.57. The maximum absolute atomic E-state index is 5.84. The Bertz CT molecular complexity index is 161. The van der Waals surface area contributed by atoms with Crippen LogP contribution in [0.4, 0.5) is 0 Å². The fourth-order valence-electron chi connectivity index (χ4n) is 3.48. The van der Waals surface area contributed by atoms with Crippen LogP contribution in [0.25, 0.3) is 0 Å². The molecule has 0 aromatic heterocycles. The van der Waals surface area contributed by atoms with E-state index in [2.05, 4.69) is 11.8 Å². The molecular formula is C12H24N2. The van der Waals surface area contributed by atoms with Gasteiger partial charge in [0, 0.05) is 18.6 Å². The molecule has 14 heavy (non-hydrogen) atoms. The van der Waals surface area contributed by atoms with Crippen molar-refractivity contribution in [2.24, 2.45) is 11.7 Å². The minimum absolute atomic E-state index is 0.701. The standard InChI is InChI=1S/C12H24N2/c1-2-10-5-3-7-12(10)14-8-4-6-11(14)9-13/h10-12H,2-9,13H2,1H3. The molecule has 1 saturated carbocycles. The largest absolute Gasteiger partial charge is 0.329 e. The molecule has 3 atom stereocenters. The summed E-state index contributed by atoms with van der Waals surface area (Å²) in [6.45, 7) is 4.52. The van der Waals surface area contributed by atoms with Crippen LogP contribution in [0.2, 0.25) is 0 Å². The van der Waals surface area contributed by atoms with Crippen molar-refractivity contribution in [3.05, 3.63) is 0 Å². The van der Waals surface area contributed by atoms with E-state index in [9.17, 15) is 0 Å². The van der Waals surface area contributed by atoms with Crippen LogP contribution in [0.1, 0.15) is 45.4 Å². The minimum atomic E-state index is 0.701. The highest BCUT2D eigenvalue weighted by Gasteiger charge is 2.36. The van der Waals surface area contributed by atoms with Gasteiger partial charge in [-0.3, -0.25) is 4.90 Å². The number of hydrogen-bond donors (Lipinski definition) is 1. The summed E-state index contributed by atoms with van der Waals surface area (Å²) in [5.41, 5.74) is 5.84. The fourth-order valence-corrected chi connectivity index (χ4v) is 3.48. The molecule has 0 spiro atoms. The van der Waals surface area contributed by atoms with Gasteiger partial charge in [0.25, 0.3) is 0 Å². The van der Waals surface area contributed by atoms with Crippen LogP contribution < -0.4 is 5.73 Å². The van der Waals surface area contributed by atoms with Crippen molar-refractivity contribution in [3.8, 4) is 0 Å². The van der Waals surface area contributed by atoms with Gasteiger partial charge in [-0.15, -0.1) is 0 Å². The Labute approximate surface area is 87.8 Å². The van der Waals surface area contributed by atoms with Crippen LogP contribution >= 0.6 is 0 Å². The zero-order valence-electron chi connectivity index (χ0n) is 9.41. The number of nitrogens with two attached hydrogens (primary N) is 1. The lowest BCUT2D eigenvalue weighted by molar-refractivity contribution is 0.146. The Hall–Kier alpha value is -0.0800. The van der Waals surface area contributed by atoms with Gasteiger partial charge in [0.1, 0.15) is 0 Å². The van der Waals surface area contributed by atoms with E-state index in [-0.39, 0.29) is 0 Å². The van der Waals surface area contributed by atoms with Crippen molar-refractivity contribution >= 4 is 0 Å². The van der Waals surface area contributed by atoms with Crippen LogP contribution in [-0.4, -0.2) is 30.1 Å². The summed E-state index contributed by atoms with van der Waals surface area (Å²) in [4.78, 5) is 2.72. The van der Waals surface area contributed by atoms with E-state index in [1.807, 2.05) is 0 Å². The van der Waals surface area contributed by atoms with Gasteiger partial charge in [0.15, 0.2) is 0 Å². The fraction of sp³-hybridized carbons (Fsp3) is 1.00. The molecular weight excluding hydrogens is 172 g/mol. The average Bonchev–Trinajstić information content (AvgIpc) is 2.85. The first kappa shape index (κ1) is 10.4. The lowest BCUT2D eigenvalue weighted by atomic mass is 9.98. The molecule has 1 aliphatic heterocycles. The van der Waals surface area contributed by atoms with Crippen molar-refractivity contribution in [2.75, 3.05) is 13.1 Å². The Morgan fingerprint density at radius 2 is 2.07 bits per heavy atom. The molecule has 1 aliphatic carbocycles. The predicted molar refractivity (Wildman–Crippen MR) is 60.2 cm³/mol. The third-order valence-corrected chi connectivity index (χ3v) is 4.26. The smallest absolute Gasteiger partial charge is 0.0221 e. The van der Waals surface area contributed by atoms with Crippen molar-refractivity contribution in [1.82, 2.24) is 4.90 Å². The zero-order chi connectivity index (χ0) is 9.97. The molecule has 0 bridgehead atoms. The van der Waals surface area contributed by atoms with Gasteiger partial charge in [0.2, 0.25) is 0 Å². The summed E-state index contributed by atoms with van der Waals surface area (Å²) in [6.07, 6.45) is 8.39. The first-order valence-electron chi connectivity index (χ1n) is 6.32. The van der Waals surface area contributed by atoms with Crippen LogP contribution in [0.15, 0.2) is 0 Å². The Morgan fingerprint density at radius 1 is 1.21 bits per heavy atom. The molecule has 2 heteroatoms. The zero-order valence-corrected chi connectivity index (χ0v) is 9.41. The molecule has 2 nitrogen and oxygen atoms in total. The molecule has 0 radical (unpaired) electrons. The second kappa shape index (κ2) is 4.63. The first-order valence-corrected chi connectivity index (χ1v) is 6.32. The molecule has 0 amide bonds. The molecule has 2 N–H and O–H groups in total. The third-order valence-electron chi connectivity index (χ3n) is 4.26. The number of rotatable bonds is 3.